The Hall–Kier alpha value is -2.14. The van der Waals surface area contributed by atoms with Gasteiger partial charge in [0.1, 0.15) is 0 Å². The molecule has 0 radical (unpaired) electrons. The van der Waals surface area contributed by atoms with Gasteiger partial charge in [0.2, 0.25) is 5.95 Å². The van der Waals surface area contributed by atoms with Crippen molar-refractivity contribution >= 4 is 23.1 Å². The number of anilines is 1. The van der Waals surface area contributed by atoms with E-state index in [-0.39, 0.29) is 5.95 Å². The Balaban J connectivity index is 2.21. The van der Waals surface area contributed by atoms with Gasteiger partial charge in [0, 0.05) is 17.3 Å². The second-order valence-corrected chi connectivity index (χ2v) is 5.33. The molecule has 0 bridgehead atoms. The van der Waals surface area contributed by atoms with E-state index in [1.165, 1.54) is 11.8 Å². The molecule has 0 amide bonds. The number of pyridine rings is 1. The first-order chi connectivity index (χ1) is 9.56. The predicted octanol–water partition coefficient (Wildman–Crippen LogP) is 3.15. The Morgan fingerprint density at radius 2 is 2.10 bits per heavy atom. The van der Waals surface area contributed by atoms with Gasteiger partial charge in [-0.1, -0.05) is 25.4 Å². The standard InChI is InChI=1S/C14H14ClN5/c1-8(2)10-6-18-20-4-3-9(5-12(10)20)13-11(15)7-17-14(16)19-13/h3-8H,1-2H3,(H2,16,17,19). The molecule has 0 atom stereocenters. The van der Waals surface area contributed by atoms with Crippen molar-refractivity contribution < 1.29 is 0 Å². The smallest absolute Gasteiger partial charge is 0.220 e. The molecule has 2 N–H and O–H groups in total. The fourth-order valence-electron chi connectivity index (χ4n) is 2.17. The van der Waals surface area contributed by atoms with Gasteiger partial charge >= 0.3 is 0 Å². The molecule has 0 aliphatic carbocycles. The van der Waals surface area contributed by atoms with Gasteiger partial charge in [0.15, 0.2) is 0 Å². The maximum atomic E-state index is 6.16. The van der Waals surface area contributed by atoms with E-state index in [1.54, 1.807) is 0 Å². The SMILES string of the molecule is CC(C)c1cnn2ccc(-c3nc(N)ncc3Cl)cc12. The monoisotopic (exact) mass is 287 g/mol. The zero-order valence-electron chi connectivity index (χ0n) is 11.2. The molecule has 3 rings (SSSR count). The van der Waals surface area contributed by atoms with Gasteiger partial charge in [0.25, 0.3) is 0 Å². The van der Waals surface area contributed by atoms with Crippen LogP contribution in [0.1, 0.15) is 25.3 Å². The number of nitrogen functional groups attached to an aromatic ring is 1. The lowest BCUT2D eigenvalue weighted by Crippen LogP contribution is -1.97. The number of nitrogens with two attached hydrogens (primary N) is 1. The fourth-order valence-corrected chi connectivity index (χ4v) is 2.38. The molecule has 5 nitrogen and oxygen atoms in total. The van der Waals surface area contributed by atoms with Crippen LogP contribution in [0, 0.1) is 0 Å². The summed E-state index contributed by atoms with van der Waals surface area (Å²) < 4.78 is 1.84. The van der Waals surface area contributed by atoms with Crippen LogP contribution in [0.15, 0.2) is 30.7 Å². The summed E-state index contributed by atoms with van der Waals surface area (Å²) in [5, 5.41) is 4.82. The summed E-state index contributed by atoms with van der Waals surface area (Å²) in [5.41, 5.74) is 9.41. The minimum atomic E-state index is 0.210. The van der Waals surface area contributed by atoms with Gasteiger partial charge in [-0.15, -0.1) is 0 Å². The maximum Gasteiger partial charge on any atom is 0.220 e. The highest BCUT2D eigenvalue weighted by atomic mass is 35.5. The molecule has 0 saturated heterocycles. The van der Waals surface area contributed by atoms with Gasteiger partial charge in [-0.05, 0) is 18.1 Å². The molecule has 0 aliphatic heterocycles. The molecule has 0 saturated carbocycles. The topological polar surface area (TPSA) is 69.1 Å². The van der Waals surface area contributed by atoms with Crippen molar-refractivity contribution in [3.05, 3.63) is 41.3 Å². The van der Waals surface area contributed by atoms with Gasteiger partial charge in [-0.25, -0.2) is 14.5 Å². The summed E-state index contributed by atoms with van der Waals surface area (Å²) >= 11 is 6.16. The number of aromatic nitrogens is 4. The second-order valence-electron chi connectivity index (χ2n) is 4.92. The quantitative estimate of drug-likeness (QED) is 0.786. The highest BCUT2D eigenvalue weighted by Gasteiger charge is 2.12. The van der Waals surface area contributed by atoms with Crippen LogP contribution in [0.3, 0.4) is 0 Å². The average Bonchev–Trinajstić information content (AvgIpc) is 2.84. The number of rotatable bonds is 2. The predicted molar refractivity (Wildman–Crippen MR) is 79.7 cm³/mol. The Kier molecular flexibility index (Phi) is 3.06. The van der Waals surface area contributed by atoms with Crippen molar-refractivity contribution in [1.29, 1.82) is 0 Å². The molecule has 20 heavy (non-hydrogen) atoms. The Morgan fingerprint density at radius 3 is 2.85 bits per heavy atom. The first kappa shape index (κ1) is 12.9. The molecule has 0 aliphatic rings. The molecule has 102 valence electrons. The first-order valence-corrected chi connectivity index (χ1v) is 6.69. The first-order valence-electron chi connectivity index (χ1n) is 6.32. The molecule has 0 fully saturated rings. The third-order valence-corrected chi connectivity index (χ3v) is 3.49. The van der Waals surface area contributed by atoms with Gasteiger partial charge < -0.3 is 5.73 Å². The Labute approximate surface area is 121 Å². The number of hydrogen-bond acceptors (Lipinski definition) is 4. The highest BCUT2D eigenvalue weighted by Crippen LogP contribution is 2.29. The highest BCUT2D eigenvalue weighted by molar-refractivity contribution is 6.32. The molecule has 3 aromatic heterocycles. The minimum Gasteiger partial charge on any atom is -0.368 e. The number of fused-ring (bicyclic) bond motifs is 1. The van der Waals surface area contributed by atoms with E-state index < -0.39 is 0 Å². The Morgan fingerprint density at radius 1 is 1.30 bits per heavy atom. The van der Waals surface area contributed by atoms with Gasteiger partial charge in [-0.3, -0.25) is 0 Å². The summed E-state index contributed by atoms with van der Waals surface area (Å²) in [6, 6.07) is 3.94. The van der Waals surface area contributed by atoms with E-state index in [9.17, 15) is 0 Å². The molecule has 3 aromatic rings. The molecule has 0 unspecified atom stereocenters. The summed E-state index contributed by atoms with van der Waals surface area (Å²) in [6.07, 6.45) is 5.30. The van der Waals surface area contributed by atoms with Crippen LogP contribution in [-0.4, -0.2) is 19.6 Å². The largest absolute Gasteiger partial charge is 0.368 e. The van der Waals surface area contributed by atoms with Crippen LogP contribution >= 0.6 is 11.6 Å². The molecular formula is C14H14ClN5. The zero-order chi connectivity index (χ0) is 14.3. The molecule has 0 spiro atoms. The van der Waals surface area contributed by atoms with Crippen molar-refractivity contribution in [3.8, 4) is 11.3 Å². The van der Waals surface area contributed by atoms with E-state index in [0.29, 0.717) is 16.6 Å². The number of nitrogens with zero attached hydrogens (tertiary/aromatic N) is 4. The molecule has 0 aromatic carbocycles. The van der Waals surface area contributed by atoms with E-state index in [0.717, 1.165) is 11.1 Å². The summed E-state index contributed by atoms with van der Waals surface area (Å²) in [5.74, 6) is 0.607. The average molecular weight is 288 g/mol. The van der Waals surface area contributed by atoms with E-state index in [2.05, 4.69) is 28.9 Å². The van der Waals surface area contributed by atoms with Crippen LogP contribution in [0.4, 0.5) is 5.95 Å². The fraction of sp³-hybridized carbons (Fsp3) is 0.214. The normalized spacial score (nSPS) is 11.4. The van der Waals surface area contributed by atoms with E-state index in [1.807, 2.05) is 29.0 Å². The van der Waals surface area contributed by atoms with Crippen molar-refractivity contribution in [2.75, 3.05) is 5.73 Å². The maximum absolute atomic E-state index is 6.16. The molecular weight excluding hydrogens is 274 g/mol. The van der Waals surface area contributed by atoms with Gasteiger partial charge in [-0.2, -0.15) is 5.10 Å². The summed E-state index contributed by atoms with van der Waals surface area (Å²) in [4.78, 5) is 8.09. The van der Waals surface area contributed by atoms with Crippen LogP contribution in [-0.2, 0) is 0 Å². The Bertz CT molecular complexity index is 778. The van der Waals surface area contributed by atoms with Crippen LogP contribution in [0.25, 0.3) is 16.8 Å². The molecule has 6 heteroatoms. The third-order valence-electron chi connectivity index (χ3n) is 3.21. The lowest BCUT2D eigenvalue weighted by atomic mass is 10.0. The lowest BCUT2D eigenvalue weighted by Gasteiger charge is -2.07. The van der Waals surface area contributed by atoms with Crippen LogP contribution < -0.4 is 5.73 Å². The zero-order valence-corrected chi connectivity index (χ0v) is 12.0. The third kappa shape index (κ3) is 2.10. The summed E-state index contributed by atoms with van der Waals surface area (Å²) in [7, 11) is 0. The number of halogens is 1. The lowest BCUT2D eigenvalue weighted by molar-refractivity contribution is 0.875. The van der Waals surface area contributed by atoms with E-state index in [4.69, 9.17) is 17.3 Å². The number of hydrogen-bond donors (Lipinski definition) is 1. The minimum absolute atomic E-state index is 0.210. The van der Waals surface area contributed by atoms with Crippen LogP contribution in [0.2, 0.25) is 5.02 Å². The van der Waals surface area contributed by atoms with Crippen molar-refractivity contribution in [3.63, 3.8) is 0 Å². The van der Waals surface area contributed by atoms with Crippen molar-refractivity contribution in [1.82, 2.24) is 19.6 Å². The van der Waals surface area contributed by atoms with Gasteiger partial charge in [0.05, 0.1) is 28.6 Å². The van der Waals surface area contributed by atoms with Crippen molar-refractivity contribution in [2.24, 2.45) is 0 Å². The molecule has 3 heterocycles. The van der Waals surface area contributed by atoms with E-state index >= 15 is 0 Å². The van der Waals surface area contributed by atoms with Crippen LogP contribution in [0.5, 0.6) is 0 Å². The summed E-state index contributed by atoms with van der Waals surface area (Å²) in [6.45, 7) is 4.28. The van der Waals surface area contributed by atoms with Crippen molar-refractivity contribution in [2.45, 2.75) is 19.8 Å². The second kappa shape index (κ2) is 4.76.